The molecule has 0 aliphatic carbocycles. The van der Waals surface area contributed by atoms with Gasteiger partial charge in [0, 0.05) is 31.7 Å². The predicted molar refractivity (Wildman–Crippen MR) is 114 cm³/mol. The number of nitrogens with one attached hydrogen (secondary N) is 2. The third-order valence-corrected chi connectivity index (χ3v) is 4.86. The number of carbonyl (C=O) groups excluding carboxylic acids is 1. The first-order valence-corrected chi connectivity index (χ1v) is 9.98. The summed E-state index contributed by atoms with van der Waals surface area (Å²) in [6, 6.07) is 10.2. The summed E-state index contributed by atoms with van der Waals surface area (Å²) in [5.41, 5.74) is 1.36. The van der Waals surface area contributed by atoms with Crippen LogP contribution in [0.25, 0.3) is 11.0 Å². The first-order valence-electron chi connectivity index (χ1n) is 9.98. The number of aliphatic hydroxyl groups is 1. The highest BCUT2D eigenvalue weighted by atomic mass is 19.4. The maximum atomic E-state index is 12.9. The van der Waals surface area contributed by atoms with Crippen molar-refractivity contribution in [3.63, 3.8) is 0 Å². The molecule has 3 N–H and O–H groups in total. The lowest BCUT2D eigenvalue weighted by Crippen LogP contribution is -2.30. The lowest BCUT2D eigenvalue weighted by Gasteiger charge is -2.14. The van der Waals surface area contributed by atoms with E-state index in [1.165, 1.54) is 10.6 Å². The van der Waals surface area contributed by atoms with Gasteiger partial charge < -0.3 is 20.3 Å². The molecule has 0 unspecified atom stereocenters. The van der Waals surface area contributed by atoms with Crippen molar-refractivity contribution >= 4 is 22.6 Å². The Balaban J connectivity index is 1.83. The van der Waals surface area contributed by atoms with Crippen molar-refractivity contribution in [1.82, 2.24) is 14.9 Å². The zero-order chi connectivity index (χ0) is 23.3. The number of halogens is 3. The summed E-state index contributed by atoms with van der Waals surface area (Å²) < 4.78 is 40.2. The molecule has 0 bridgehead atoms. The highest BCUT2D eigenvalue weighted by Gasteiger charge is 2.30. The van der Waals surface area contributed by atoms with Gasteiger partial charge >= 0.3 is 6.18 Å². The van der Waals surface area contributed by atoms with Gasteiger partial charge in [-0.05, 0) is 42.8 Å². The Morgan fingerprint density at radius 3 is 2.69 bits per heavy atom. The molecule has 0 aliphatic heterocycles. The highest BCUT2D eigenvalue weighted by Crippen LogP contribution is 2.29. The van der Waals surface area contributed by atoms with E-state index in [-0.39, 0.29) is 49.8 Å². The number of nitrogens with zero attached hydrogens (tertiary/aromatic N) is 2. The number of aromatic nitrogens is 2. The molecule has 0 atom stereocenters. The van der Waals surface area contributed by atoms with E-state index in [0.717, 1.165) is 12.1 Å². The van der Waals surface area contributed by atoms with E-state index in [2.05, 4.69) is 15.6 Å². The van der Waals surface area contributed by atoms with E-state index in [1.807, 2.05) is 0 Å². The molecule has 0 saturated heterocycles. The van der Waals surface area contributed by atoms with Crippen LogP contribution in [0.15, 0.2) is 47.3 Å². The minimum atomic E-state index is -4.41. The maximum Gasteiger partial charge on any atom is 0.416 e. The van der Waals surface area contributed by atoms with Crippen LogP contribution >= 0.6 is 0 Å². The summed E-state index contributed by atoms with van der Waals surface area (Å²) >= 11 is 0. The molecule has 0 spiro atoms. The number of carbonyl (C=O) groups is 1. The molecule has 3 rings (SSSR count). The van der Waals surface area contributed by atoms with Crippen LogP contribution in [0.2, 0.25) is 0 Å². The van der Waals surface area contributed by atoms with Gasteiger partial charge in [-0.2, -0.15) is 13.2 Å². The van der Waals surface area contributed by atoms with Crippen LogP contribution in [0, 0.1) is 6.92 Å². The number of aryl methyl sites for hydroxylation is 2. The van der Waals surface area contributed by atoms with Crippen LogP contribution in [-0.2, 0) is 24.1 Å². The third-order valence-electron chi connectivity index (χ3n) is 4.86. The van der Waals surface area contributed by atoms with Gasteiger partial charge in [0.15, 0.2) is 0 Å². The molecule has 7 nitrogen and oxygen atoms in total. The molecule has 0 aliphatic rings. The predicted octanol–water partition coefficient (Wildman–Crippen LogP) is 2.83. The van der Waals surface area contributed by atoms with E-state index in [0.29, 0.717) is 22.3 Å². The molecular weight excluding hydrogens is 425 g/mol. The average molecular weight is 448 g/mol. The van der Waals surface area contributed by atoms with Crippen molar-refractivity contribution in [2.45, 2.75) is 32.6 Å². The summed E-state index contributed by atoms with van der Waals surface area (Å²) in [5.74, 6) is -0.299. The zero-order valence-corrected chi connectivity index (χ0v) is 17.4. The van der Waals surface area contributed by atoms with Gasteiger partial charge in [-0.15, -0.1) is 0 Å². The molecule has 1 amide bonds. The number of hydrogen-bond acceptors (Lipinski definition) is 5. The minimum absolute atomic E-state index is 0.0420. The van der Waals surface area contributed by atoms with Gasteiger partial charge in [-0.3, -0.25) is 9.59 Å². The Morgan fingerprint density at radius 1 is 1.19 bits per heavy atom. The number of hydrogen-bond donors (Lipinski definition) is 3. The Labute approximate surface area is 181 Å². The topological polar surface area (TPSA) is 96.2 Å². The summed E-state index contributed by atoms with van der Waals surface area (Å²) in [5, 5.41) is 14.4. The fourth-order valence-corrected chi connectivity index (χ4v) is 3.26. The molecule has 32 heavy (non-hydrogen) atoms. The molecule has 170 valence electrons. The van der Waals surface area contributed by atoms with Crippen molar-refractivity contribution in [2.75, 3.05) is 18.5 Å². The third kappa shape index (κ3) is 5.64. The summed E-state index contributed by atoms with van der Waals surface area (Å²) in [6.07, 6.45) is -4.37. The maximum absolute atomic E-state index is 12.9. The van der Waals surface area contributed by atoms with Gasteiger partial charge in [0.05, 0.1) is 23.2 Å². The van der Waals surface area contributed by atoms with Crippen LogP contribution < -0.4 is 16.2 Å². The van der Waals surface area contributed by atoms with Crippen LogP contribution in [0.3, 0.4) is 0 Å². The standard InChI is InChI=1S/C22H23F3N4O3/c1-14-21(32)29(9-7-20(31)26-8-10-30)19-12-17(5-6-18(19)28-14)27-13-15-3-2-4-16(11-15)22(23,24)25/h2-6,11-12,27,30H,7-10,13H2,1H3,(H,26,31). The Bertz CT molecular complexity index is 1180. The number of fused-ring (bicyclic) bond motifs is 1. The van der Waals surface area contributed by atoms with Gasteiger partial charge in [0.25, 0.3) is 5.56 Å². The summed E-state index contributed by atoms with van der Waals surface area (Å²) in [7, 11) is 0. The van der Waals surface area contributed by atoms with Crippen LogP contribution in [0.5, 0.6) is 0 Å². The van der Waals surface area contributed by atoms with Crippen LogP contribution in [0.4, 0.5) is 18.9 Å². The molecular formula is C22H23F3N4O3. The van der Waals surface area contributed by atoms with Gasteiger partial charge in [0.1, 0.15) is 5.69 Å². The van der Waals surface area contributed by atoms with Crippen molar-refractivity contribution < 1.29 is 23.1 Å². The Kier molecular flexibility index (Phi) is 7.14. The number of amides is 1. The van der Waals surface area contributed by atoms with Crippen LogP contribution in [-0.4, -0.2) is 33.7 Å². The van der Waals surface area contributed by atoms with Crippen LogP contribution in [0.1, 0.15) is 23.2 Å². The van der Waals surface area contributed by atoms with E-state index in [9.17, 15) is 22.8 Å². The Hall–Kier alpha value is -3.40. The molecule has 0 saturated carbocycles. The fourth-order valence-electron chi connectivity index (χ4n) is 3.26. The zero-order valence-electron chi connectivity index (χ0n) is 17.4. The quantitative estimate of drug-likeness (QED) is 0.493. The van der Waals surface area contributed by atoms with E-state index < -0.39 is 11.7 Å². The molecule has 0 radical (unpaired) electrons. The number of aliphatic hydroxyl groups excluding tert-OH is 1. The van der Waals surface area contributed by atoms with Gasteiger partial charge in [-0.1, -0.05) is 12.1 Å². The second-order valence-electron chi connectivity index (χ2n) is 7.23. The van der Waals surface area contributed by atoms with E-state index in [4.69, 9.17) is 5.11 Å². The molecule has 3 aromatic rings. The monoisotopic (exact) mass is 448 g/mol. The minimum Gasteiger partial charge on any atom is -0.395 e. The first kappa shape index (κ1) is 23.3. The van der Waals surface area contributed by atoms with Gasteiger partial charge in [0.2, 0.25) is 5.91 Å². The number of alkyl halides is 3. The average Bonchev–Trinajstić information content (AvgIpc) is 2.76. The summed E-state index contributed by atoms with van der Waals surface area (Å²) in [4.78, 5) is 28.8. The smallest absolute Gasteiger partial charge is 0.395 e. The highest BCUT2D eigenvalue weighted by molar-refractivity contribution is 5.80. The largest absolute Gasteiger partial charge is 0.416 e. The SMILES string of the molecule is Cc1nc2ccc(NCc3cccc(C(F)(F)F)c3)cc2n(CCC(=O)NCCO)c1=O. The van der Waals surface area contributed by atoms with E-state index >= 15 is 0 Å². The number of benzene rings is 2. The normalized spacial score (nSPS) is 11.5. The molecule has 0 fully saturated rings. The van der Waals surface area contributed by atoms with Crippen molar-refractivity contribution in [1.29, 1.82) is 0 Å². The van der Waals surface area contributed by atoms with Crippen molar-refractivity contribution in [3.8, 4) is 0 Å². The molecule has 2 aromatic carbocycles. The molecule has 1 aromatic heterocycles. The first-order chi connectivity index (χ1) is 15.2. The van der Waals surface area contributed by atoms with E-state index in [1.54, 1.807) is 31.2 Å². The lowest BCUT2D eigenvalue weighted by molar-refractivity contribution is -0.137. The van der Waals surface area contributed by atoms with Crippen molar-refractivity contribution in [3.05, 3.63) is 69.6 Å². The number of anilines is 1. The van der Waals surface area contributed by atoms with Gasteiger partial charge in [-0.25, -0.2) is 4.98 Å². The lowest BCUT2D eigenvalue weighted by atomic mass is 10.1. The second-order valence-corrected chi connectivity index (χ2v) is 7.23. The second kappa shape index (κ2) is 9.82. The molecule has 1 heterocycles. The molecule has 10 heteroatoms. The number of rotatable bonds is 8. The Morgan fingerprint density at radius 2 is 1.97 bits per heavy atom. The van der Waals surface area contributed by atoms with Crippen molar-refractivity contribution in [2.24, 2.45) is 0 Å². The summed E-state index contributed by atoms with van der Waals surface area (Å²) in [6.45, 7) is 1.82. The fraction of sp³-hybridized carbons (Fsp3) is 0.318.